The molecule has 0 bridgehead atoms. The summed E-state index contributed by atoms with van der Waals surface area (Å²) in [5.74, 6) is -10.1. The molecule has 1 aromatic heterocycles. The van der Waals surface area contributed by atoms with Gasteiger partial charge < -0.3 is 0 Å². The first-order valence-electron chi connectivity index (χ1n) is 5.03. The van der Waals surface area contributed by atoms with Gasteiger partial charge in [-0.2, -0.15) is 0 Å². The smallest absolute Gasteiger partial charge is 0.200 e. The largest absolute Gasteiger partial charge is 0.249 e. The topological polar surface area (TPSA) is 12.4 Å². The summed E-state index contributed by atoms with van der Waals surface area (Å²) >= 11 is 1.24. The van der Waals surface area contributed by atoms with Crippen LogP contribution in [0.5, 0.6) is 0 Å². The molecule has 1 aromatic carbocycles. The minimum Gasteiger partial charge on any atom is -0.249 e. The summed E-state index contributed by atoms with van der Waals surface area (Å²) < 4.78 is 65.2. The lowest BCUT2D eigenvalue weighted by Crippen LogP contribution is -2.00. The van der Waals surface area contributed by atoms with E-state index >= 15 is 0 Å². The predicted octanol–water partition coefficient (Wildman–Crippen LogP) is 4.50. The Balaban J connectivity index is 2.52. The third-order valence-corrected chi connectivity index (χ3v) is 3.35. The molecule has 1 heterocycles. The second kappa shape index (κ2) is 5.08. The molecule has 0 radical (unpaired) electrons. The maximum Gasteiger partial charge on any atom is 0.200 e. The van der Waals surface area contributed by atoms with Crippen LogP contribution in [0.3, 0.4) is 0 Å². The molecule has 2 aromatic rings. The molecule has 0 aliphatic heterocycles. The molecule has 7 heteroatoms. The van der Waals surface area contributed by atoms with Crippen LogP contribution < -0.4 is 0 Å². The van der Waals surface area contributed by atoms with Gasteiger partial charge in [-0.25, -0.2) is 26.9 Å². The first-order chi connectivity index (χ1) is 8.93. The molecule has 0 fully saturated rings. The Morgan fingerprint density at radius 2 is 1.47 bits per heavy atom. The van der Waals surface area contributed by atoms with Crippen molar-refractivity contribution in [2.24, 2.45) is 4.99 Å². The van der Waals surface area contributed by atoms with Gasteiger partial charge in [0.05, 0.1) is 0 Å². The van der Waals surface area contributed by atoms with Crippen LogP contribution in [-0.2, 0) is 0 Å². The van der Waals surface area contributed by atoms with E-state index in [9.17, 15) is 22.0 Å². The minimum absolute atomic E-state index is 0.573. The third kappa shape index (κ3) is 2.37. The third-order valence-electron chi connectivity index (χ3n) is 2.40. The highest BCUT2D eigenvalue weighted by atomic mass is 32.1. The number of thiophene rings is 1. The number of benzene rings is 1. The summed E-state index contributed by atoms with van der Waals surface area (Å²) in [4.78, 5) is 3.93. The van der Waals surface area contributed by atoms with Crippen molar-refractivity contribution < 1.29 is 22.0 Å². The van der Waals surface area contributed by atoms with Crippen LogP contribution in [0.1, 0.15) is 10.4 Å². The number of hydrogen-bond donors (Lipinski definition) is 0. The Labute approximate surface area is 109 Å². The minimum atomic E-state index is -2.19. The maximum atomic E-state index is 13.3. The highest BCUT2D eigenvalue weighted by Gasteiger charge is 2.25. The zero-order valence-corrected chi connectivity index (χ0v) is 10.3. The lowest BCUT2D eigenvalue weighted by atomic mass is 10.2. The van der Waals surface area contributed by atoms with Crippen LogP contribution >= 0.6 is 11.3 Å². The Kier molecular flexibility index (Phi) is 3.66. The monoisotopic (exact) mass is 291 g/mol. The van der Waals surface area contributed by atoms with E-state index in [1.807, 2.05) is 0 Å². The van der Waals surface area contributed by atoms with Gasteiger partial charge in [-0.3, -0.25) is 0 Å². The van der Waals surface area contributed by atoms with Crippen molar-refractivity contribution in [3.05, 3.63) is 51.0 Å². The highest BCUT2D eigenvalue weighted by Crippen LogP contribution is 2.29. The molecule has 1 nitrogen and oxygen atoms in total. The summed E-state index contributed by atoms with van der Waals surface area (Å²) in [5, 5.41) is 1.72. The fourth-order valence-corrected chi connectivity index (χ4v) is 2.13. The summed E-state index contributed by atoms with van der Waals surface area (Å²) in [6, 6.07) is 1.74. The van der Waals surface area contributed by atoms with Crippen LogP contribution in [0.15, 0.2) is 16.4 Å². The second-order valence-electron chi connectivity index (χ2n) is 3.64. The van der Waals surface area contributed by atoms with Gasteiger partial charge >= 0.3 is 0 Å². The Bertz CT molecular complexity index is 633. The number of nitrogens with zero attached hydrogens (tertiary/aromatic N) is 1. The molecule has 19 heavy (non-hydrogen) atoms. The van der Waals surface area contributed by atoms with E-state index in [0.717, 1.165) is 11.8 Å². The second-order valence-corrected chi connectivity index (χ2v) is 4.59. The van der Waals surface area contributed by atoms with Gasteiger partial charge in [-0.1, -0.05) is 0 Å². The van der Waals surface area contributed by atoms with E-state index in [0.29, 0.717) is 4.88 Å². The van der Waals surface area contributed by atoms with Gasteiger partial charge in [-0.05, 0) is 23.9 Å². The van der Waals surface area contributed by atoms with E-state index in [2.05, 4.69) is 4.99 Å². The summed E-state index contributed by atoms with van der Waals surface area (Å²) in [6.45, 7) is 1.73. The first-order valence-corrected chi connectivity index (χ1v) is 5.91. The van der Waals surface area contributed by atoms with Crippen molar-refractivity contribution in [2.45, 2.75) is 6.92 Å². The molecular formula is C12H6F5NS. The summed E-state index contributed by atoms with van der Waals surface area (Å²) in [6.07, 6.45) is 1.07. The zero-order chi connectivity index (χ0) is 14.2. The van der Waals surface area contributed by atoms with E-state index in [1.165, 1.54) is 11.3 Å². The molecule has 0 N–H and O–H groups in total. The van der Waals surface area contributed by atoms with Gasteiger partial charge in [0.1, 0.15) is 5.69 Å². The van der Waals surface area contributed by atoms with Crippen LogP contribution in [0.2, 0.25) is 0 Å². The molecule has 0 amide bonds. The van der Waals surface area contributed by atoms with Crippen molar-refractivity contribution in [1.82, 2.24) is 0 Å². The van der Waals surface area contributed by atoms with E-state index in [1.54, 1.807) is 18.4 Å². The summed E-state index contributed by atoms with van der Waals surface area (Å²) in [5.41, 5.74) is -0.401. The number of aliphatic imine (C=N–C) groups is 1. The number of hydrogen-bond acceptors (Lipinski definition) is 2. The Hall–Kier alpha value is -1.76. The normalized spacial score (nSPS) is 11.5. The molecule has 100 valence electrons. The molecule has 0 saturated heterocycles. The quantitative estimate of drug-likeness (QED) is 0.334. The Morgan fingerprint density at radius 3 is 1.95 bits per heavy atom. The standard InChI is InChI=1S/C12H6F5NS/c1-5-2-3-19-6(5)4-18-12-10(16)8(14)7(13)9(15)11(12)17/h2-4H,1H3. The molecule has 0 aliphatic carbocycles. The van der Waals surface area contributed by atoms with Gasteiger partial charge in [0.15, 0.2) is 23.3 Å². The van der Waals surface area contributed by atoms with Crippen molar-refractivity contribution in [1.29, 1.82) is 0 Å². The fourth-order valence-electron chi connectivity index (χ4n) is 1.35. The average molecular weight is 291 g/mol. The van der Waals surface area contributed by atoms with Crippen molar-refractivity contribution in [2.75, 3.05) is 0 Å². The first kappa shape index (κ1) is 13.7. The molecule has 0 unspecified atom stereocenters. The SMILES string of the molecule is Cc1ccsc1C=Nc1c(F)c(F)c(F)c(F)c1F. The number of aryl methyl sites for hydroxylation is 1. The fraction of sp³-hybridized carbons (Fsp3) is 0.0833. The Morgan fingerprint density at radius 1 is 0.947 bits per heavy atom. The number of halogens is 5. The van der Waals surface area contributed by atoms with Crippen LogP contribution in [-0.4, -0.2) is 6.21 Å². The maximum absolute atomic E-state index is 13.3. The van der Waals surface area contributed by atoms with Crippen LogP contribution in [0.25, 0.3) is 0 Å². The van der Waals surface area contributed by atoms with Crippen molar-refractivity contribution in [3.63, 3.8) is 0 Å². The van der Waals surface area contributed by atoms with E-state index in [-0.39, 0.29) is 0 Å². The van der Waals surface area contributed by atoms with E-state index in [4.69, 9.17) is 0 Å². The predicted molar refractivity (Wildman–Crippen MR) is 62.5 cm³/mol. The van der Waals surface area contributed by atoms with E-state index < -0.39 is 34.8 Å². The number of rotatable bonds is 2. The van der Waals surface area contributed by atoms with Gasteiger partial charge in [0.25, 0.3) is 0 Å². The van der Waals surface area contributed by atoms with Crippen molar-refractivity contribution >= 4 is 23.2 Å². The van der Waals surface area contributed by atoms with Gasteiger partial charge in [0.2, 0.25) is 5.82 Å². The highest BCUT2D eigenvalue weighted by molar-refractivity contribution is 7.11. The lowest BCUT2D eigenvalue weighted by molar-refractivity contribution is 0.381. The summed E-state index contributed by atoms with van der Waals surface area (Å²) in [7, 11) is 0. The molecule has 0 spiro atoms. The molecule has 2 rings (SSSR count). The zero-order valence-electron chi connectivity index (χ0n) is 9.48. The van der Waals surface area contributed by atoms with Gasteiger partial charge in [0, 0.05) is 11.1 Å². The molecular weight excluding hydrogens is 285 g/mol. The average Bonchev–Trinajstić information content (AvgIpc) is 2.80. The lowest BCUT2D eigenvalue weighted by Gasteiger charge is -2.03. The van der Waals surface area contributed by atoms with Crippen LogP contribution in [0, 0.1) is 36.0 Å². The van der Waals surface area contributed by atoms with Crippen molar-refractivity contribution in [3.8, 4) is 0 Å². The molecule has 0 saturated carbocycles. The van der Waals surface area contributed by atoms with Crippen LogP contribution in [0.4, 0.5) is 27.6 Å². The van der Waals surface area contributed by atoms with Gasteiger partial charge in [-0.15, -0.1) is 11.3 Å². The molecule has 0 aliphatic rings. The molecule has 0 atom stereocenters.